The van der Waals surface area contributed by atoms with Gasteiger partial charge in [0, 0.05) is 18.2 Å². The van der Waals surface area contributed by atoms with E-state index in [1.807, 2.05) is 30.3 Å². The quantitative estimate of drug-likeness (QED) is 0.742. The fourth-order valence-electron chi connectivity index (χ4n) is 2.52. The van der Waals surface area contributed by atoms with Gasteiger partial charge in [-0.05, 0) is 42.3 Å². The molecule has 5 nitrogen and oxygen atoms in total. The zero-order valence-electron chi connectivity index (χ0n) is 14.1. The van der Waals surface area contributed by atoms with Crippen molar-refractivity contribution in [2.24, 2.45) is 0 Å². The molecular formula is C20H18FN3O2. The number of rotatable bonds is 6. The Morgan fingerprint density at radius 2 is 1.73 bits per heavy atom. The molecule has 0 saturated carbocycles. The first-order chi connectivity index (χ1) is 12.6. The van der Waals surface area contributed by atoms with E-state index in [0.717, 1.165) is 10.2 Å². The molecule has 0 spiro atoms. The maximum absolute atomic E-state index is 13.0. The van der Waals surface area contributed by atoms with Gasteiger partial charge in [-0.25, -0.2) is 9.07 Å². The van der Waals surface area contributed by atoms with Crippen LogP contribution in [0.1, 0.15) is 5.56 Å². The summed E-state index contributed by atoms with van der Waals surface area (Å²) in [6.45, 7) is 0.317. The molecule has 1 aromatic heterocycles. The van der Waals surface area contributed by atoms with Gasteiger partial charge < -0.3 is 5.32 Å². The fraction of sp³-hybridized carbons (Fsp3) is 0.150. The Hall–Kier alpha value is -3.28. The number of nitrogens with one attached hydrogen (secondary N) is 1. The molecule has 3 rings (SSSR count). The number of hydrogen-bond donors (Lipinski definition) is 1. The number of aromatic nitrogens is 2. The molecule has 0 radical (unpaired) electrons. The third kappa shape index (κ3) is 4.63. The van der Waals surface area contributed by atoms with Crippen LogP contribution in [0.5, 0.6) is 0 Å². The number of carbonyl (C=O) groups excluding carboxylic acids is 1. The summed E-state index contributed by atoms with van der Waals surface area (Å²) in [7, 11) is 0. The normalized spacial score (nSPS) is 10.5. The number of carbonyl (C=O) groups is 1. The number of nitrogens with zero attached hydrogens (tertiary/aromatic N) is 2. The molecule has 0 unspecified atom stereocenters. The SMILES string of the molecule is O=C(Cn1nc(-c2ccc(F)cc2)ccc1=O)NCCc1ccccc1. The van der Waals surface area contributed by atoms with Crippen molar-refractivity contribution >= 4 is 5.91 Å². The van der Waals surface area contributed by atoms with E-state index >= 15 is 0 Å². The Kier molecular flexibility index (Phi) is 5.53. The molecule has 0 saturated heterocycles. The van der Waals surface area contributed by atoms with E-state index in [1.165, 1.54) is 18.2 Å². The predicted octanol–water partition coefficient (Wildman–Crippen LogP) is 2.41. The number of hydrogen-bond acceptors (Lipinski definition) is 3. The average Bonchev–Trinajstić information content (AvgIpc) is 2.65. The highest BCUT2D eigenvalue weighted by molar-refractivity contribution is 5.75. The summed E-state index contributed by atoms with van der Waals surface area (Å²) in [5.74, 6) is -0.633. The van der Waals surface area contributed by atoms with Gasteiger partial charge >= 0.3 is 0 Å². The maximum atomic E-state index is 13.0. The molecule has 1 heterocycles. The van der Waals surface area contributed by atoms with E-state index in [1.54, 1.807) is 18.2 Å². The standard InChI is InChI=1S/C20H18FN3O2/c21-17-8-6-16(7-9-17)18-10-11-20(26)24(23-18)14-19(25)22-13-12-15-4-2-1-3-5-15/h1-11H,12-14H2,(H,22,25). The molecule has 3 aromatic rings. The molecule has 0 fully saturated rings. The lowest BCUT2D eigenvalue weighted by molar-refractivity contribution is -0.121. The second kappa shape index (κ2) is 8.20. The molecular weight excluding hydrogens is 333 g/mol. The molecule has 26 heavy (non-hydrogen) atoms. The number of amides is 1. The van der Waals surface area contributed by atoms with Crippen molar-refractivity contribution < 1.29 is 9.18 Å². The van der Waals surface area contributed by atoms with E-state index in [4.69, 9.17) is 0 Å². The van der Waals surface area contributed by atoms with E-state index in [9.17, 15) is 14.0 Å². The third-order valence-corrected chi connectivity index (χ3v) is 3.88. The van der Waals surface area contributed by atoms with Gasteiger partial charge in [0.1, 0.15) is 12.4 Å². The predicted molar refractivity (Wildman–Crippen MR) is 97.0 cm³/mol. The van der Waals surface area contributed by atoms with Crippen molar-refractivity contribution in [3.05, 3.63) is 88.5 Å². The van der Waals surface area contributed by atoms with Crippen molar-refractivity contribution in [2.45, 2.75) is 13.0 Å². The first-order valence-corrected chi connectivity index (χ1v) is 8.26. The third-order valence-electron chi connectivity index (χ3n) is 3.88. The minimum atomic E-state index is -0.367. The molecule has 0 aliphatic heterocycles. The van der Waals surface area contributed by atoms with Crippen molar-refractivity contribution in [1.82, 2.24) is 15.1 Å². The Morgan fingerprint density at radius 1 is 1.00 bits per heavy atom. The van der Waals surface area contributed by atoms with Crippen LogP contribution in [0, 0.1) is 5.82 Å². The van der Waals surface area contributed by atoms with Gasteiger partial charge in [-0.2, -0.15) is 5.10 Å². The van der Waals surface area contributed by atoms with Crippen LogP contribution in [-0.2, 0) is 17.8 Å². The Morgan fingerprint density at radius 3 is 2.46 bits per heavy atom. The Balaban J connectivity index is 1.63. The van der Waals surface area contributed by atoms with E-state index in [-0.39, 0.29) is 23.8 Å². The van der Waals surface area contributed by atoms with Crippen LogP contribution in [0.2, 0.25) is 0 Å². The first kappa shape index (κ1) is 17.5. The highest BCUT2D eigenvalue weighted by atomic mass is 19.1. The zero-order chi connectivity index (χ0) is 18.4. The summed E-state index contributed by atoms with van der Waals surface area (Å²) in [6.07, 6.45) is 0.713. The lowest BCUT2D eigenvalue weighted by Crippen LogP contribution is -2.34. The van der Waals surface area contributed by atoms with Crippen molar-refractivity contribution in [1.29, 1.82) is 0 Å². The van der Waals surface area contributed by atoms with Gasteiger partial charge in [0.15, 0.2) is 0 Å². The highest BCUT2D eigenvalue weighted by Gasteiger charge is 2.08. The summed E-state index contributed by atoms with van der Waals surface area (Å²) in [4.78, 5) is 24.0. The van der Waals surface area contributed by atoms with Gasteiger partial charge in [-0.1, -0.05) is 30.3 Å². The van der Waals surface area contributed by atoms with Crippen LogP contribution in [-0.4, -0.2) is 22.2 Å². The molecule has 6 heteroatoms. The van der Waals surface area contributed by atoms with Gasteiger partial charge in [0.25, 0.3) is 5.56 Å². The minimum absolute atomic E-state index is 0.164. The highest BCUT2D eigenvalue weighted by Crippen LogP contribution is 2.15. The molecule has 0 aliphatic carbocycles. The number of halogens is 1. The molecule has 0 atom stereocenters. The summed E-state index contributed by atoms with van der Waals surface area (Å²) in [5.41, 5.74) is 1.93. The van der Waals surface area contributed by atoms with Gasteiger partial charge in [0.05, 0.1) is 5.69 Å². The summed E-state index contributed by atoms with van der Waals surface area (Å²) in [5, 5.41) is 6.98. The Labute approximate surface area is 150 Å². The smallest absolute Gasteiger partial charge is 0.267 e. The van der Waals surface area contributed by atoms with Crippen LogP contribution < -0.4 is 10.9 Å². The van der Waals surface area contributed by atoms with Crippen LogP contribution in [0.15, 0.2) is 71.5 Å². The minimum Gasteiger partial charge on any atom is -0.354 e. The van der Waals surface area contributed by atoms with E-state index < -0.39 is 0 Å². The fourth-order valence-corrected chi connectivity index (χ4v) is 2.52. The van der Waals surface area contributed by atoms with Crippen LogP contribution >= 0.6 is 0 Å². The molecule has 132 valence electrons. The lowest BCUT2D eigenvalue weighted by Gasteiger charge is -2.08. The summed E-state index contributed by atoms with van der Waals surface area (Å²) < 4.78 is 14.1. The summed E-state index contributed by atoms with van der Waals surface area (Å²) >= 11 is 0. The zero-order valence-corrected chi connectivity index (χ0v) is 14.1. The van der Waals surface area contributed by atoms with Gasteiger partial charge in [-0.3, -0.25) is 9.59 Å². The lowest BCUT2D eigenvalue weighted by atomic mass is 10.1. The van der Waals surface area contributed by atoms with Gasteiger partial charge in [-0.15, -0.1) is 0 Å². The maximum Gasteiger partial charge on any atom is 0.267 e. The van der Waals surface area contributed by atoms with Crippen LogP contribution in [0.25, 0.3) is 11.3 Å². The first-order valence-electron chi connectivity index (χ1n) is 8.26. The molecule has 1 amide bonds. The second-order valence-corrected chi connectivity index (χ2v) is 5.81. The summed E-state index contributed by atoms with van der Waals surface area (Å²) in [6, 6.07) is 18.5. The van der Waals surface area contributed by atoms with Crippen molar-refractivity contribution in [3.8, 4) is 11.3 Å². The molecule has 0 bridgehead atoms. The number of benzene rings is 2. The van der Waals surface area contributed by atoms with Crippen LogP contribution in [0.4, 0.5) is 4.39 Å². The van der Waals surface area contributed by atoms with Crippen molar-refractivity contribution in [2.75, 3.05) is 6.54 Å². The largest absolute Gasteiger partial charge is 0.354 e. The van der Waals surface area contributed by atoms with E-state index in [2.05, 4.69) is 10.4 Å². The van der Waals surface area contributed by atoms with Crippen LogP contribution in [0.3, 0.4) is 0 Å². The molecule has 1 N–H and O–H groups in total. The van der Waals surface area contributed by atoms with Gasteiger partial charge in [0.2, 0.25) is 5.91 Å². The Bertz CT molecular complexity index is 937. The van der Waals surface area contributed by atoms with E-state index in [0.29, 0.717) is 24.2 Å². The molecule has 2 aromatic carbocycles. The topological polar surface area (TPSA) is 64.0 Å². The average molecular weight is 351 g/mol. The second-order valence-electron chi connectivity index (χ2n) is 5.81. The molecule has 0 aliphatic rings. The monoisotopic (exact) mass is 351 g/mol. The van der Waals surface area contributed by atoms with Crippen molar-refractivity contribution in [3.63, 3.8) is 0 Å².